The Balaban J connectivity index is 2.22. The summed E-state index contributed by atoms with van der Waals surface area (Å²) in [4.78, 5) is 27.1. The van der Waals surface area contributed by atoms with E-state index in [1.165, 1.54) is 4.90 Å². The molecule has 0 atom stereocenters. The SMILES string of the molecule is O=C(O)CN1Cc2cccnc2NC1=O. The quantitative estimate of drug-likeness (QED) is 0.740. The van der Waals surface area contributed by atoms with Gasteiger partial charge in [-0.25, -0.2) is 9.78 Å². The van der Waals surface area contributed by atoms with Gasteiger partial charge in [-0.3, -0.25) is 10.1 Å². The number of pyridine rings is 1. The van der Waals surface area contributed by atoms with Crippen molar-refractivity contribution >= 4 is 17.8 Å². The molecule has 1 aliphatic heterocycles. The molecule has 0 saturated carbocycles. The topological polar surface area (TPSA) is 82.5 Å². The van der Waals surface area contributed by atoms with Gasteiger partial charge in [0.25, 0.3) is 0 Å². The molecule has 6 nitrogen and oxygen atoms in total. The minimum atomic E-state index is -1.03. The number of hydrogen-bond donors (Lipinski definition) is 2. The third-order valence-corrected chi connectivity index (χ3v) is 2.09. The second-order valence-electron chi connectivity index (χ2n) is 3.19. The van der Waals surface area contributed by atoms with Crippen LogP contribution in [0.4, 0.5) is 10.6 Å². The molecule has 2 amide bonds. The predicted molar refractivity (Wildman–Crippen MR) is 51.3 cm³/mol. The van der Waals surface area contributed by atoms with Gasteiger partial charge < -0.3 is 10.0 Å². The zero-order chi connectivity index (χ0) is 10.8. The highest BCUT2D eigenvalue weighted by Crippen LogP contribution is 2.19. The van der Waals surface area contributed by atoms with Crippen molar-refractivity contribution < 1.29 is 14.7 Å². The average Bonchev–Trinajstić information content (AvgIpc) is 2.18. The molecule has 0 fully saturated rings. The molecule has 0 spiro atoms. The van der Waals surface area contributed by atoms with E-state index in [9.17, 15) is 9.59 Å². The van der Waals surface area contributed by atoms with Crippen LogP contribution in [-0.4, -0.2) is 33.5 Å². The number of aromatic nitrogens is 1. The number of amides is 2. The Kier molecular flexibility index (Phi) is 2.24. The van der Waals surface area contributed by atoms with E-state index in [1.54, 1.807) is 18.3 Å². The highest BCUT2D eigenvalue weighted by molar-refractivity contribution is 5.92. The van der Waals surface area contributed by atoms with Crippen LogP contribution in [0.5, 0.6) is 0 Å². The van der Waals surface area contributed by atoms with Crippen LogP contribution >= 0.6 is 0 Å². The maximum absolute atomic E-state index is 11.4. The summed E-state index contributed by atoms with van der Waals surface area (Å²) in [6.45, 7) is -0.0263. The maximum Gasteiger partial charge on any atom is 0.323 e. The Morgan fingerprint density at radius 1 is 1.67 bits per heavy atom. The van der Waals surface area contributed by atoms with Crippen molar-refractivity contribution in [3.63, 3.8) is 0 Å². The molecule has 0 bridgehead atoms. The molecule has 2 rings (SSSR count). The van der Waals surface area contributed by atoms with E-state index in [1.807, 2.05) is 0 Å². The van der Waals surface area contributed by atoms with Gasteiger partial charge in [0.2, 0.25) is 0 Å². The van der Waals surface area contributed by atoms with Crippen LogP contribution in [0, 0.1) is 0 Å². The Hall–Kier alpha value is -2.11. The number of carboxylic acid groups (broad SMARTS) is 1. The van der Waals surface area contributed by atoms with Gasteiger partial charge in [-0.15, -0.1) is 0 Å². The van der Waals surface area contributed by atoms with Gasteiger partial charge in [-0.1, -0.05) is 6.07 Å². The fraction of sp³-hybridized carbons (Fsp3) is 0.222. The van der Waals surface area contributed by atoms with Crippen LogP contribution < -0.4 is 5.32 Å². The van der Waals surface area contributed by atoms with Gasteiger partial charge in [-0.2, -0.15) is 0 Å². The van der Waals surface area contributed by atoms with E-state index in [0.29, 0.717) is 5.82 Å². The molecule has 1 aromatic heterocycles. The molecule has 6 heteroatoms. The van der Waals surface area contributed by atoms with Crippen molar-refractivity contribution in [2.75, 3.05) is 11.9 Å². The van der Waals surface area contributed by atoms with Crippen LogP contribution in [-0.2, 0) is 11.3 Å². The fourth-order valence-electron chi connectivity index (χ4n) is 1.43. The highest BCUT2D eigenvalue weighted by Gasteiger charge is 2.24. The predicted octanol–water partition coefficient (Wildman–Crippen LogP) is 0.514. The normalized spacial score (nSPS) is 14.4. The van der Waals surface area contributed by atoms with Crippen molar-refractivity contribution in [2.45, 2.75) is 6.54 Å². The average molecular weight is 207 g/mol. The van der Waals surface area contributed by atoms with Crippen molar-refractivity contribution in [1.29, 1.82) is 0 Å². The molecule has 1 aromatic rings. The summed E-state index contributed by atoms with van der Waals surface area (Å²) in [6, 6.07) is 3.12. The van der Waals surface area contributed by atoms with E-state index in [0.717, 1.165) is 5.56 Å². The van der Waals surface area contributed by atoms with Gasteiger partial charge in [0.05, 0.1) is 6.54 Å². The first-order valence-electron chi connectivity index (χ1n) is 4.38. The molecule has 1 aliphatic rings. The van der Waals surface area contributed by atoms with Gasteiger partial charge >= 0.3 is 12.0 Å². The van der Waals surface area contributed by atoms with Crippen molar-refractivity contribution in [2.24, 2.45) is 0 Å². The number of carbonyl (C=O) groups is 2. The third-order valence-electron chi connectivity index (χ3n) is 2.09. The number of nitrogens with zero attached hydrogens (tertiary/aromatic N) is 2. The second kappa shape index (κ2) is 3.56. The molecule has 0 unspecified atom stereocenters. The summed E-state index contributed by atoms with van der Waals surface area (Å²) >= 11 is 0. The monoisotopic (exact) mass is 207 g/mol. The van der Waals surface area contributed by atoms with E-state index >= 15 is 0 Å². The highest BCUT2D eigenvalue weighted by atomic mass is 16.4. The van der Waals surface area contributed by atoms with Crippen LogP contribution in [0.2, 0.25) is 0 Å². The number of aliphatic carboxylic acids is 1. The summed E-state index contributed by atoms with van der Waals surface area (Å²) < 4.78 is 0. The molecular formula is C9H9N3O3. The summed E-state index contributed by atoms with van der Waals surface area (Å²) in [5.74, 6) is -0.526. The summed E-state index contributed by atoms with van der Waals surface area (Å²) in [7, 11) is 0. The van der Waals surface area contributed by atoms with Crippen LogP contribution in [0.3, 0.4) is 0 Å². The summed E-state index contributed by atoms with van der Waals surface area (Å²) in [5.41, 5.74) is 0.818. The number of nitrogens with one attached hydrogen (secondary N) is 1. The Bertz CT molecular complexity index is 419. The van der Waals surface area contributed by atoms with Crippen molar-refractivity contribution in [3.05, 3.63) is 23.9 Å². The maximum atomic E-state index is 11.4. The molecule has 2 heterocycles. The van der Waals surface area contributed by atoms with Crippen molar-refractivity contribution in [1.82, 2.24) is 9.88 Å². The number of rotatable bonds is 2. The molecule has 0 saturated heterocycles. The molecule has 15 heavy (non-hydrogen) atoms. The smallest absolute Gasteiger partial charge is 0.323 e. The summed E-state index contributed by atoms with van der Waals surface area (Å²) in [6.07, 6.45) is 1.58. The van der Waals surface area contributed by atoms with Gasteiger partial charge in [0.15, 0.2) is 0 Å². The van der Waals surface area contributed by atoms with E-state index in [2.05, 4.69) is 10.3 Å². The van der Waals surface area contributed by atoms with Gasteiger partial charge in [0.1, 0.15) is 12.4 Å². The third kappa shape index (κ3) is 1.88. The van der Waals surface area contributed by atoms with Gasteiger partial charge in [-0.05, 0) is 6.07 Å². The zero-order valence-corrected chi connectivity index (χ0v) is 7.80. The zero-order valence-electron chi connectivity index (χ0n) is 7.80. The first-order chi connectivity index (χ1) is 7.16. The van der Waals surface area contributed by atoms with Crippen LogP contribution in [0.1, 0.15) is 5.56 Å². The number of carboxylic acids is 1. The summed E-state index contributed by atoms with van der Waals surface area (Å²) in [5, 5.41) is 11.1. The molecule has 0 aliphatic carbocycles. The number of urea groups is 1. The first-order valence-corrected chi connectivity index (χ1v) is 4.38. The Morgan fingerprint density at radius 3 is 3.20 bits per heavy atom. The van der Waals surface area contributed by atoms with Gasteiger partial charge in [0, 0.05) is 11.8 Å². The molecular weight excluding hydrogens is 198 g/mol. The largest absolute Gasteiger partial charge is 0.480 e. The number of carbonyl (C=O) groups excluding carboxylic acids is 1. The minimum Gasteiger partial charge on any atom is -0.480 e. The molecule has 0 radical (unpaired) electrons. The first kappa shape index (κ1) is 9.45. The molecule has 78 valence electrons. The Labute approximate surface area is 85.5 Å². The lowest BCUT2D eigenvalue weighted by Crippen LogP contribution is -2.41. The lowest BCUT2D eigenvalue weighted by atomic mass is 10.2. The van der Waals surface area contributed by atoms with E-state index in [-0.39, 0.29) is 13.1 Å². The lowest BCUT2D eigenvalue weighted by molar-refractivity contribution is -0.137. The second-order valence-corrected chi connectivity index (χ2v) is 3.19. The number of anilines is 1. The Morgan fingerprint density at radius 2 is 2.47 bits per heavy atom. The van der Waals surface area contributed by atoms with Crippen LogP contribution in [0.25, 0.3) is 0 Å². The van der Waals surface area contributed by atoms with Crippen LogP contribution in [0.15, 0.2) is 18.3 Å². The molecule has 0 aromatic carbocycles. The standard InChI is InChI=1S/C9H9N3O3/c13-7(14)5-12-4-6-2-1-3-10-8(6)11-9(12)15/h1-3H,4-5H2,(H,13,14)(H,10,11,15). The van der Waals surface area contributed by atoms with E-state index < -0.39 is 12.0 Å². The fourth-order valence-corrected chi connectivity index (χ4v) is 1.43. The van der Waals surface area contributed by atoms with Crippen molar-refractivity contribution in [3.8, 4) is 0 Å². The minimum absolute atomic E-state index is 0.279. The number of hydrogen-bond acceptors (Lipinski definition) is 3. The number of fused-ring (bicyclic) bond motifs is 1. The lowest BCUT2D eigenvalue weighted by Gasteiger charge is -2.26. The van der Waals surface area contributed by atoms with E-state index in [4.69, 9.17) is 5.11 Å². The molecule has 2 N–H and O–H groups in total.